The zero-order valence-corrected chi connectivity index (χ0v) is 17.5. The van der Waals surface area contributed by atoms with Gasteiger partial charge < -0.3 is 14.2 Å². The van der Waals surface area contributed by atoms with Gasteiger partial charge in [0.1, 0.15) is 5.75 Å². The summed E-state index contributed by atoms with van der Waals surface area (Å²) < 4.78 is 8.16. The van der Waals surface area contributed by atoms with Gasteiger partial charge in [0.2, 0.25) is 5.91 Å². The first-order valence-electron chi connectivity index (χ1n) is 10.9. The molecule has 2 aromatic rings. The van der Waals surface area contributed by atoms with E-state index in [1.54, 1.807) is 12.5 Å². The van der Waals surface area contributed by atoms with Crippen LogP contribution < -0.4 is 4.74 Å². The monoisotopic (exact) mass is 396 g/mol. The standard InChI is InChI=1S/C23H32N4O2/c1-18(2)25-13-15-26(16-14-25)23(28)19-3-7-21(8-4-19)29-22-9-5-20(6-10-22)27-12-11-24-17-27/h5-6,9-12,17-19,21H,3-4,7-8,13-16H2,1-2H3/t19-,21-. The fourth-order valence-electron chi connectivity index (χ4n) is 4.45. The molecule has 29 heavy (non-hydrogen) atoms. The van der Waals surface area contributed by atoms with Crippen LogP contribution in [0.15, 0.2) is 43.0 Å². The minimum Gasteiger partial charge on any atom is -0.490 e. The largest absolute Gasteiger partial charge is 0.490 e. The van der Waals surface area contributed by atoms with E-state index in [1.165, 1.54) is 0 Å². The number of benzene rings is 1. The zero-order valence-electron chi connectivity index (χ0n) is 17.5. The molecule has 0 bridgehead atoms. The molecule has 1 saturated carbocycles. The topological polar surface area (TPSA) is 50.6 Å². The summed E-state index contributed by atoms with van der Waals surface area (Å²) in [5, 5.41) is 0. The highest BCUT2D eigenvalue weighted by molar-refractivity contribution is 5.79. The van der Waals surface area contributed by atoms with Crippen LogP contribution in [0.5, 0.6) is 5.75 Å². The summed E-state index contributed by atoms with van der Waals surface area (Å²) in [4.78, 5) is 21.5. The van der Waals surface area contributed by atoms with Crippen molar-refractivity contribution in [3.05, 3.63) is 43.0 Å². The van der Waals surface area contributed by atoms with Crippen LogP contribution in [0.1, 0.15) is 39.5 Å². The average molecular weight is 397 g/mol. The third kappa shape index (κ3) is 4.81. The first-order chi connectivity index (χ1) is 14.1. The number of aromatic nitrogens is 2. The van der Waals surface area contributed by atoms with Crippen LogP contribution in [0.2, 0.25) is 0 Å². The maximum absolute atomic E-state index is 12.9. The molecule has 0 spiro atoms. The van der Waals surface area contributed by atoms with Gasteiger partial charge in [0.15, 0.2) is 0 Å². The number of piperazine rings is 1. The van der Waals surface area contributed by atoms with Crippen molar-refractivity contribution in [2.45, 2.75) is 51.7 Å². The van der Waals surface area contributed by atoms with E-state index < -0.39 is 0 Å². The maximum Gasteiger partial charge on any atom is 0.225 e. The van der Waals surface area contributed by atoms with Gasteiger partial charge in [0.25, 0.3) is 0 Å². The van der Waals surface area contributed by atoms with E-state index in [-0.39, 0.29) is 12.0 Å². The lowest BCUT2D eigenvalue weighted by molar-refractivity contribution is -0.139. The van der Waals surface area contributed by atoms with E-state index in [0.29, 0.717) is 11.9 Å². The van der Waals surface area contributed by atoms with Crippen molar-refractivity contribution in [1.82, 2.24) is 19.4 Å². The van der Waals surface area contributed by atoms with Gasteiger partial charge >= 0.3 is 0 Å². The predicted octanol–water partition coefficient (Wildman–Crippen LogP) is 3.36. The second-order valence-electron chi connectivity index (χ2n) is 8.51. The van der Waals surface area contributed by atoms with Gasteiger partial charge in [-0.1, -0.05) is 0 Å². The molecular formula is C23H32N4O2. The maximum atomic E-state index is 12.9. The molecule has 2 fully saturated rings. The highest BCUT2D eigenvalue weighted by atomic mass is 16.5. The van der Waals surface area contributed by atoms with Gasteiger partial charge in [0, 0.05) is 56.2 Å². The van der Waals surface area contributed by atoms with Crippen molar-refractivity contribution in [1.29, 1.82) is 0 Å². The minimum atomic E-state index is 0.170. The Morgan fingerprint density at radius 3 is 2.31 bits per heavy atom. The second-order valence-corrected chi connectivity index (χ2v) is 8.51. The number of nitrogens with zero attached hydrogens (tertiary/aromatic N) is 4. The van der Waals surface area contributed by atoms with Crippen LogP contribution in [0.25, 0.3) is 5.69 Å². The molecule has 4 rings (SSSR count). The van der Waals surface area contributed by atoms with Crippen LogP contribution in [-0.2, 0) is 4.79 Å². The van der Waals surface area contributed by atoms with Gasteiger partial charge in [-0.05, 0) is 63.8 Å². The van der Waals surface area contributed by atoms with Crippen molar-refractivity contribution in [3.63, 3.8) is 0 Å². The number of imidazole rings is 1. The summed E-state index contributed by atoms with van der Waals surface area (Å²) in [6.45, 7) is 8.19. The summed E-state index contributed by atoms with van der Waals surface area (Å²) >= 11 is 0. The predicted molar refractivity (Wildman–Crippen MR) is 113 cm³/mol. The quantitative estimate of drug-likeness (QED) is 0.778. The van der Waals surface area contributed by atoms with Gasteiger partial charge in [-0.25, -0.2) is 4.98 Å². The van der Waals surface area contributed by atoms with Gasteiger partial charge in [-0.15, -0.1) is 0 Å². The van der Waals surface area contributed by atoms with E-state index in [1.807, 2.05) is 35.0 Å². The Bertz CT molecular complexity index is 772. The molecule has 0 radical (unpaired) electrons. The van der Waals surface area contributed by atoms with Crippen molar-refractivity contribution >= 4 is 5.91 Å². The molecule has 2 aliphatic rings. The Balaban J connectivity index is 1.24. The molecule has 1 aliphatic carbocycles. The van der Waals surface area contributed by atoms with Crippen molar-refractivity contribution < 1.29 is 9.53 Å². The van der Waals surface area contributed by atoms with Crippen LogP contribution in [0, 0.1) is 5.92 Å². The van der Waals surface area contributed by atoms with Crippen LogP contribution >= 0.6 is 0 Å². The number of carbonyl (C=O) groups excluding carboxylic acids is 1. The fraction of sp³-hybridized carbons (Fsp3) is 0.565. The molecule has 1 aromatic carbocycles. The van der Waals surface area contributed by atoms with Gasteiger partial charge in [-0.3, -0.25) is 9.69 Å². The van der Waals surface area contributed by atoms with E-state index in [2.05, 4.69) is 28.6 Å². The Kier molecular flexibility index (Phi) is 6.19. The third-order valence-corrected chi connectivity index (χ3v) is 6.32. The van der Waals surface area contributed by atoms with Crippen LogP contribution in [0.4, 0.5) is 0 Å². The molecule has 0 atom stereocenters. The molecule has 0 unspecified atom stereocenters. The Labute approximate surface area is 173 Å². The average Bonchev–Trinajstić information content (AvgIpc) is 3.29. The lowest BCUT2D eigenvalue weighted by Gasteiger charge is -2.39. The van der Waals surface area contributed by atoms with Crippen molar-refractivity contribution in [2.24, 2.45) is 5.92 Å². The number of hydrogen-bond donors (Lipinski definition) is 0. The Hall–Kier alpha value is -2.34. The van der Waals surface area contributed by atoms with Gasteiger partial charge in [-0.2, -0.15) is 0 Å². The lowest BCUT2D eigenvalue weighted by Crippen LogP contribution is -2.52. The molecule has 6 heteroatoms. The SMILES string of the molecule is CC(C)N1CCN(C(=O)[C@H]2CC[C@H](Oc3ccc(-n4ccnc4)cc3)CC2)CC1. The first-order valence-corrected chi connectivity index (χ1v) is 10.9. The van der Waals surface area contributed by atoms with E-state index >= 15 is 0 Å². The third-order valence-electron chi connectivity index (χ3n) is 6.32. The Morgan fingerprint density at radius 1 is 1.03 bits per heavy atom. The zero-order chi connectivity index (χ0) is 20.2. The van der Waals surface area contributed by atoms with Crippen LogP contribution in [-0.4, -0.2) is 63.6 Å². The molecule has 0 N–H and O–H groups in total. The highest BCUT2D eigenvalue weighted by Gasteiger charge is 2.32. The summed E-state index contributed by atoms with van der Waals surface area (Å²) in [5.41, 5.74) is 1.07. The normalized spacial score (nSPS) is 23.3. The molecule has 1 aliphatic heterocycles. The summed E-state index contributed by atoms with van der Waals surface area (Å²) in [5.74, 6) is 1.43. The second kappa shape index (κ2) is 8.99. The van der Waals surface area contributed by atoms with Crippen LogP contribution in [0.3, 0.4) is 0 Å². The molecule has 156 valence electrons. The smallest absolute Gasteiger partial charge is 0.225 e. The van der Waals surface area contributed by atoms with E-state index in [9.17, 15) is 4.79 Å². The van der Waals surface area contributed by atoms with Crippen molar-refractivity contribution in [3.8, 4) is 11.4 Å². The molecule has 1 saturated heterocycles. The minimum absolute atomic E-state index is 0.170. The number of carbonyl (C=O) groups is 1. The Morgan fingerprint density at radius 2 is 1.72 bits per heavy atom. The fourth-order valence-corrected chi connectivity index (χ4v) is 4.45. The summed E-state index contributed by atoms with van der Waals surface area (Å²) in [7, 11) is 0. The first kappa shape index (κ1) is 20.0. The molecule has 1 amide bonds. The molecular weight excluding hydrogens is 364 g/mol. The molecule has 2 heterocycles. The lowest BCUT2D eigenvalue weighted by atomic mass is 9.86. The highest BCUT2D eigenvalue weighted by Crippen LogP contribution is 2.29. The number of hydrogen-bond acceptors (Lipinski definition) is 4. The van der Waals surface area contributed by atoms with Gasteiger partial charge in [0.05, 0.1) is 12.4 Å². The number of rotatable bonds is 5. The van der Waals surface area contributed by atoms with E-state index in [0.717, 1.165) is 63.3 Å². The summed E-state index contributed by atoms with van der Waals surface area (Å²) in [6, 6.07) is 8.68. The molecule has 1 aromatic heterocycles. The molecule has 6 nitrogen and oxygen atoms in total. The van der Waals surface area contributed by atoms with E-state index in [4.69, 9.17) is 4.74 Å². The number of amides is 1. The number of ether oxygens (including phenoxy) is 1. The van der Waals surface area contributed by atoms with Crippen molar-refractivity contribution in [2.75, 3.05) is 26.2 Å². The summed E-state index contributed by atoms with van der Waals surface area (Å²) in [6.07, 6.45) is 9.46.